The summed E-state index contributed by atoms with van der Waals surface area (Å²) in [5.41, 5.74) is 0.524. The van der Waals surface area contributed by atoms with Crippen LogP contribution in [-0.2, 0) is 7.05 Å². The smallest absolute Gasteiger partial charge is 0.293 e. The topological polar surface area (TPSA) is 90.1 Å². The van der Waals surface area contributed by atoms with Gasteiger partial charge in [0, 0.05) is 42.4 Å². The van der Waals surface area contributed by atoms with Crippen molar-refractivity contribution in [3.05, 3.63) is 52.1 Å². The predicted octanol–water partition coefficient (Wildman–Crippen LogP) is 3.11. The van der Waals surface area contributed by atoms with E-state index in [0.717, 1.165) is 0 Å². The predicted molar refractivity (Wildman–Crippen MR) is 95.8 cm³/mol. The molecule has 0 fully saturated rings. The first-order valence-electron chi connectivity index (χ1n) is 7.34. The zero-order valence-electron chi connectivity index (χ0n) is 14.1. The molecule has 0 saturated carbocycles. The van der Waals surface area contributed by atoms with Crippen LogP contribution in [0, 0.1) is 10.1 Å². The van der Waals surface area contributed by atoms with Gasteiger partial charge in [-0.25, -0.2) is 4.98 Å². The molecule has 1 aromatic heterocycles. The number of carbonyl (C=O) groups excluding carboxylic acids is 1. The highest BCUT2D eigenvalue weighted by atomic mass is 32.2. The second-order valence-corrected chi connectivity index (χ2v) is 7.51. The van der Waals surface area contributed by atoms with Crippen molar-refractivity contribution < 1.29 is 9.72 Å². The van der Waals surface area contributed by atoms with Crippen molar-refractivity contribution in [1.29, 1.82) is 0 Å². The van der Waals surface area contributed by atoms with Gasteiger partial charge in [0.05, 0.1) is 4.92 Å². The average Bonchev–Trinajstić information content (AvgIpc) is 2.98. The third-order valence-electron chi connectivity index (χ3n) is 3.74. The van der Waals surface area contributed by atoms with E-state index in [0.29, 0.717) is 12.2 Å². The van der Waals surface area contributed by atoms with E-state index in [1.165, 1.54) is 12.3 Å². The number of hydrogen-bond donors (Lipinski definition) is 1. The van der Waals surface area contributed by atoms with Gasteiger partial charge in [0.2, 0.25) is 5.78 Å². The minimum atomic E-state index is -0.483. The van der Waals surface area contributed by atoms with E-state index < -0.39 is 4.92 Å². The maximum absolute atomic E-state index is 12.4. The number of nitro groups is 1. The number of anilines is 1. The Kier molecular flexibility index (Phi) is 5.28. The summed E-state index contributed by atoms with van der Waals surface area (Å²) >= 11 is 1.67. The molecule has 1 N–H and O–H groups in total. The second-order valence-electron chi connectivity index (χ2n) is 6.00. The molecule has 7 nitrogen and oxygen atoms in total. The molecule has 0 radical (unpaired) electrons. The molecule has 2 aromatic rings. The number of thioether (sulfide) groups is 1. The maximum atomic E-state index is 12.4. The molecule has 8 heteroatoms. The zero-order chi connectivity index (χ0) is 17.9. The number of nitrogens with zero attached hydrogens (tertiary/aromatic N) is 3. The molecule has 24 heavy (non-hydrogen) atoms. The number of imidazole rings is 1. The average molecular weight is 348 g/mol. The quantitative estimate of drug-likeness (QED) is 0.470. The van der Waals surface area contributed by atoms with E-state index in [4.69, 9.17) is 0 Å². The van der Waals surface area contributed by atoms with Crippen LogP contribution in [0.4, 0.5) is 11.4 Å². The Labute approximate surface area is 144 Å². The Morgan fingerprint density at radius 1 is 1.46 bits per heavy atom. The molecule has 128 valence electrons. The van der Waals surface area contributed by atoms with Crippen molar-refractivity contribution in [2.75, 3.05) is 18.1 Å². The minimum absolute atomic E-state index is 0.0602. The first kappa shape index (κ1) is 18.0. The van der Waals surface area contributed by atoms with Crippen molar-refractivity contribution in [1.82, 2.24) is 9.55 Å². The molecule has 1 heterocycles. The third kappa shape index (κ3) is 3.94. The number of aryl methyl sites for hydroxylation is 1. The molecule has 2 rings (SSSR count). The number of nitro benzene ring substituents is 1. The van der Waals surface area contributed by atoms with Gasteiger partial charge in [-0.2, -0.15) is 11.8 Å². The SMILES string of the molecule is CSC(C)(C)CNc1ccc(C(=O)c2nccn2C)cc1[N+](=O)[O-]. The molecule has 0 atom stereocenters. The number of benzene rings is 1. The van der Waals surface area contributed by atoms with Gasteiger partial charge in [-0.1, -0.05) is 0 Å². The van der Waals surface area contributed by atoms with Crippen LogP contribution in [0.25, 0.3) is 0 Å². The second kappa shape index (κ2) is 7.04. The molecule has 0 bridgehead atoms. The van der Waals surface area contributed by atoms with E-state index in [9.17, 15) is 14.9 Å². The molecular weight excluding hydrogens is 328 g/mol. The van der Waals surface area contributed by atoms with Gasteiger partial charge in [0.15, 0.2) is 5.82 Å². The van der Waals surface area contributed by atoms with Crippen LogP contribution >= 0.6 is 11.8 Å². The molecule has 0 aliphatic heterocycles. The number of nitrogens with one attached hydrogen (secondary N) is 1. The standard InChI is InChI=1S/C16H20N4O3S/c1-16(2,24-4)10-18-12-6-5-11(9-13(12)20(22)23)14(21)15-17-7-8-19(15)3/h5-9,18H,10H2,1-4H3. The van der Waals surface area contributed by atoms with Crippen LogP contribution < -0.4 is 5.32 Å². The summed E-state index contributed by atoms with van der Waals surface area (Å²) in [5.74, 6) is -0.102. The molecule has 0 saturated heterocycles. The Morgan fingerprint density at radius 2 is 2.17 bits per heavy atom. The minimum Gasteiger partial charge on any atom is -0.378 e. The largest absolute Gasteiger partial charge is 0.378 e. The van der Waals surface area contributed by atoms with Crippen LogP contribution in [0.5, 0.6) is 0 Å². The molecule has 0 spiro atoms. The van der Waals surface area contributed by atoms with Crippen LogP contribution in [0.1, 0.15) is 30.0 Å². The summed E-state index contributed by atoms with van der Waals surface area (Å²) < 4.78 is 1.52. The monoisotopic (exact) mass is 348 g/mol. The van der Waals surface area contributed by atoms with Gasteiger partial charge in [0.25, 0.3) is 5.69 Å². The lowest BCUT2D eigenvalue weighted by Crippen LogP contribution is -2.26. The Balaban J connectivity index is 2.32. The van der Waals surface area contributed by atoms with Gasteiger partial charge < -0.3 is 9.88 Å². The Bertz CT molecular complexity index is 770. The first-order valence-corrected chi connectivity index (χ1v) is 8.57. The highest BCUT2D eigenvalue weighted by molar-refractivity contribution is 7.99. The van der Waals surface area contributed by atoms with Crippen molar-refractivity contribution in [2.45, 2.75) is 18.6 Å². The van der Waals surface area contributed by atoms with Gasteiger partial charge in [-0.3, -0.25) is 14.9 Å². The van der Waals surface area contributed by atoms with E-state index in [1.807, 2.05) is 6.26 Å². The fourth-order valence-corrected chi connectivity index (χ4v) is 2.28. The number of ketones is 1. The lowest BCUT2D eigenvalue weighted by atomic mass is 10.1. The lowest BCUT2D eigenvalue weighted by molar-refractivity contribution is -0.384. The molecule has 0 aliphatic rings. The lowest BCUT2D eigenvalue weighted by Gasteiger charge is -2.22. The maximum Gasteiger partial charge on any atom is 0.293 e. The highest BCUT2D eigenvalue weighted by Crippen LogP contribution is 2.29. The number of carbonyl (C=O) groups is 1. The third-order valence-corrected chi connectivity index (χ3v) is 4.99. The summed E-state index contributed by atoms with van der Waals surface area (Å²) in [6, 6.07) is 4.45. The van der Waals surface area contributed by atoms with Crippen LogP contribution in [0.3, 0.4) is 0 Å². The molecule has 0 amide bonds. The van der Waals surface area contributed by atoms with Crippen molar-refractivity contribution in [3.63, 3.8) is 0 Å². The molecule has 0 aliphatic carbocycles. The van der Waals surface area contributed by atoms with E-state index in [2.05, 4.69) is 24.1 Å². The normalized spacial score (nSPS) is 11.3. The summed E-state index contributed by atoms with van der Waals surface area (Å²) in [7, 11) is 1.70. The molecular formula is C16H20N4O3S. The van der Waals surface area contributed by atoms with Crippen LogP contribution in [0.15, 0.2) is 30.6 Å². The van der Waals surface area contributed by atoms with Crippen molar-refractivity contribution in [2.24, 2.45) is 7.05 Å². The Hall–Kier alpha value is -2.35. The number of hydrogen-bond acceptors (Lipinski definition) is 6. The van der Waals surface area contributed by atoms with Gasteiger partial charge in [0.1, 0.15) is 5.69 Å². The van der Waals surface area contributed by atoms with Gasteiger partial charge >= 0.3 is 0 Å². The van der Waals surface area contributed by atoms with Gasteiger partial charge in [-0.15, -0.1) is 0 Å². The number of rotatable bonds is 7. The van der Waals surface area contributed by atoms with E-state index in [1.54, 1.807) is 41.7 Å². The van der Waals surface area contributed by atoms with Crippen LogP contribution in [0.2, 0.25) is 0 Å². The summed E-state index contributed by atoms with van der Waals surface area (Å²) in [6.45, 7) is 4.67. The molecule has 1 aromatic carbocycles. The summed E-state index contributed by atoms with van der Waals surface area (Å²) in [6.07, 6.45) is 5.16. The fraction of sp³-hybridized carbons (Fsp3) is 0.375. The summed E-state index contributed by atoms with van der Waals surface area (Å²) in [4.78, 5) is 27.3. The van der Waals surface area contributed by atoms with Crippen LogP contribution in [-0.4, -0.2) is 37.8 Å². The first-order chi connectivity index (χ1) is 11.2. The zero-order valence-corrected chi connectivity index (χ0v) is 14.9. The Morgan fingerprint density at radius 3 is 2.71 bits per heavy atom. The van der Waals surface area contributed by atoms with Crippen molar-refractivity contribution in [3.8, 4) is 0 Å². The fourth-order valence-electron chi connectivity index (χ4n) is 2.07. The number of aromatic nitrogens is 2. The molecule has 0 unspecified atom stereocenters. The highest BCUT2D eigenvalue weighted by Gasteiger charge is 2.22. The summed E-state index contributed by atoms with van der Waals surface area (Å²) in [5, 5.41) is 14.5. The van der Waals surface area contributed by atoms with Crippen molar-refractivity contribution >= 4 is 28.9 Å². The van der Waals surface area contributed by atoms with Gasteiger partial charge in [-0.05, 0) is 32.2 Å². The van der Waals surface area contributed by atoms with E-state index >= 15 is 0 Å². The van der Waals surface area contributed by atoms with E-state index in [-0.39, 0.29) is 27.6 Å².